The minimum atomic E-state index is -3.84. The molecule has 2 saturated heterocycles. The minimum absolute atomic E-state index is 0. The van der Waals surface area contributed by atoms with Crippen LogP contribution in [-0.2, 0) is 70.7 Å². The zero-order chi connectivity index (χ0) is 67.4. The van der Waals surface area contributed by atoms with E-state index in [9.17, 15) is 56.5 Å². The number of nitrogens with two attached hydrogens (primary N) is 2. The standard InChI is InChI=1S/2C26H24F2N4O7.C6H14N2.C6H12N2.CH4.K.3H2O.2Pt/c2*27-26(28)23(36)18(12-33)39-24(26)32-10-8-19(31-25(32)37)30-20(35)13-38-11-9-29-16-6-4-14-2-1-3-15-5-7-17(34)22(16)21(14)15;2*7-5-3-1-2-4-6(5)8;;;;;;;/h1-8,10,18,23-24,33,36H,9,11-13H2,(H2,29,30,31,34,35,37);1-8,10,18,23-24,29,33,36H,9,11-13H2,(H,30,31,35,37);5-6H,1-4,7-8H2;5-8H,1-4H2;1H4;;3*1H2;;/q;;;-2;;+1;;;;;+2/p-1/t2*18-,23+,24-;5-,6-;;;;;;;;/m100......../s1. The number of anilines is 3. The van der Waals surface area contributed by atoms with Crippen molar-refractivity contribution in [3.8, 4) is 0 Å². The molecule has 554 valence electrons. The summed E-state index contributed by atoms with van der Waals surface area (Å²) in [5.41, 5.74) is 28.0. The Labute approximate surface area is 648 Å². The first kappa shape index (κ1) is 91.7. The Morgan fingerprint density at radius 1 is 0.673 bits per heavy atom. The number of alkyl halides is 4. The quantitative estimate of drug-likeness (QED) is 0.0256. The maximum absolute atomic E-state index is 14.3. The topological polar surface area (TPSA) is 503 Å². The number of aliphatic hydroxyl groups excluding tert-OH is 4. The maximum Gasteiger partial charge on any atom is 2.00 e. The van der Waals surface area contributed by atoms with E-state index < -0.39 is 85.1 Å². The van der Waals surface area contributed by atoms with Gasteiger partial charge in [-0.2, -0.15) is 39.6 Å². The summed E-state index contributed by atoms with van der Waals surface area (Å²) in [5.74, 6) is -9.35. The van der Waals surface area contributed by atoms with Gasteiger partial charge in [-0.05, 0) is 65.1 Å². The van der Waals surface area contributed by atoms with Gasteiger partial charge in [0, 0.05) is 81.2 Å². The number of rotatable bonds is 18. The number of nitrogens with one attached hydrogen (secondary N) is 5. The molecule has 4 aromatic carbocycles. The molecule has 2 amide bonds. The van der Waals surface area contributed by atoms with Crippen molar-refractivity contribution in [3.05, 3.63) is 157 Å². The molecule has 4 fully saturated rings. The zero-order valence-electron chi connectivity index (χ0n) is 53.9. The molecule has 36 heteroatoms. The summed E-state index contributed by atoms with van der Waals surface area (Å²) >= 11 is 0. The summed E-state index contributed by atoms with van der Waals surface area (Å²) in [5, 5.41) is 53.5. The van der Waals surface area contributed by atoms with E-state index in [1.165, 1.54) is 31.8 Å². The van der Waals surface area contributed by atoms with Gasteiger partial charge in [0.25, 0.3) is 11.8 Å². The average molecular weight is 1810 g/mol. The van der Waals surface area contributed by atoms with Crippen molar-refractivity contribution in [3.63, 3.8) is 0 Å². The number of ether oxygens (including phenoxy) is 4. The van der Waals surface area contributed by atoms with E-state index in [0.29, 0.717) is 38.2 Å². The van der Waals surface area contributed by atoms with Crippen molar-refractivity contribution in [2.45, 2.75) is 132 Å². The number of amides is 2. The van der Waals surface area contributed by atoms with Gasteiger partial charge in [0.15, 0.2) is 18.0 Å². The molecule has 6 aliphatic rings. The monoisotopic (exact) mass is 1810 g/mol. The SMILES string of the molecule is C.N[C@H]1CCCC[C@@H]1N.O.O.O=C(COCCNc1ccc2cccc3c2c1C(=O)C=C3)Nc1ccn([C@H]2O[C@@H](CO)[C@@H](O)C2(F)F)c(=O)n1.O=C(COCC[N-]c1ccc2cccc3c2c1C(=[OH+])C=C3)Nc1ccn([C@@H]2O[C@H](CO)[C@H](O)C2(F)F)c(=O)n1.[K+].[NH-]C1CCCCC1[NH-].[OH-].[Pt+2].[Pt]. The van der Waals surface area contributed by atoms with E-state index in [1.807, 2.05) is 60.7 Å². The molecule has 2 aliphatic heterocycles. The second-order valence-electron chi connectivity index (χ2n) is 23.0. The molecule has 0 radical (unpaired) electrons. The summed E-state index contributed by atoms with van der Waals surface area (Å²) < 4.78 is 78.7. The van der Waals surface area contributed by atoms with Crippen LogP contribution in [0.15, 0.2) is 107 Å². The van der Waals surface area contributed by atoms with Crippen LogP contribution in [-0.4, -0.2) is 197 Å². The van der Waals surface area contributed by atoms with Crippen LogP contribution in [0, 0.1) is 0 Å². The van der Waals surface area contributed by atoms with E-state index >= 15 is 0 Å². The minimum Gasteiger partial charge on any atom is -0.870 e. The first-order valence-electron chi connectivity index (χ1n) is 30.5. The molecule has 2 unspecified atom stereocenters. The Morgan fingerprint density at radius 3 is 1.56 bits per heavy atom. The van der Waals surface area contributed by atoms with Crippen molar-refractivity contribution in [2.75, 3.05) is 68.7 Å². The van der Waals surface area contributed by atoms with Gasteiger partial charge < -0.3 is 100 Å². The summed E-state index contributed by atoms with van der Waals surface area (Å²) in [6.07, 6.45) is 5.62. The third-order valence-corrected chi connectivity index (χ3v) is 16.5. The number of aliphatic hydroxyl groups is 4. The second kappa shape index (κ2) is 42.0. The summed E-state index contributed by atoms with van der Waals surface area (Å²) in [7, 11) is 0. The van der Waals surface area contributed by atoms with Crippen LogP contribution >= 0.6 is 0 Å². The number of allylic oxidation sites excluding steroid dienone is 2. The number of carbonyl (C=O) groups is 3. The largest absolute Gasteiger partial charge is 2.00 e. The molecular formula is C65H83F4KN12O17Pt2. The predicted octanol–water partition coefficient (Wildman–Crippen LogP) is 1.85. The Bertz CT molecular complexity index is 3660. The van der Waals surface area contributed by atoms with Crippen molar-refractivity contribution in [1.29, 1.82) is 0 Å². The van der Waals surface area contributed by atoms with E-state index in [-0.39, 0.29) is 198 Å². The smallest absolute Gasteiger partial charge is 0.870 e. The summed E-state index contributed by atoms with van der Waals surface area (Å²) in [4.78, 5) is 79.0. The normalized spacial score (nSPS) is 22.8. The molecule has 29 nitrogen and oxygen atoms in total. The number of hydrogen-bond donors (Lipinski definition) is 9. The van der Waals surface area contributed by atoms with Crippen LogP contribution in [0.1, 0.15) is 98.3 Å². The molecular weight excluding hydrogens is 1730 g/mol. The number of halogens is 4. The maximum atomic E-state index is 14.3. The number of aromatic nitrogens is 4. The number of ketones is 2. The van der Waals surface area contributed by atoms with E-state index in [1.54, 1.807) is 18.2 Å². The van der Waals surface area contributed by atoms with Crippen LogP contribution in [0.3, 0.4) is 0 Å². The molecule has 10 atom stereocenters. The Hall–Kier alpha value is -5.35. The van der Waals surface area contributed by atoms with Gasteiger partial charge in [0.2, 0.25) is 12.5 Å². The van der Waals surface area contributed by atoms with E-state index in [0.717, 1.165) is 82.9 Å². The first-order valence-corrected chi connectivity index (χ1v) is 30.5. The van der Waals surface area contributed by atoms with E-state index in [4.69, 9.17) is 52.1 Å². The van der Waals surface area contributed by atoms with Gasteiger partial charge in [-0.1, -0.05) is 107 Å². The van der Waals surface area contributed by atoms with E-state index in [2.05, 4.69) is 31.2 Å². The third kappa shape index (κ3) is 22.4. The molecule has 101 heavy (non-hydrogen) atoms. The zero-order valence-corrected chi connectivity index (χ0v) is 61.5. The number of nitrogens with zero attached hydrogens (tertiary/aromatic N) is 5. The van der Waals surface area contributed by atoms with Crippen molar-refractivity contribution in [2.24, 2.45) is 11.5 Å². The van der Waals surface area contributed by atoms with Gasteiger partial charge in [-0.15, -0.1) is 12.2 Å². The second-order valence-corrected chi connectivity index (χ2v) is 23.0. The molecule has 0 spiro atoms. The van der Waals surface area contributed by atoms with Crippen molar-refractivity contribution < 1.29 is 186 Å². The number of hydrogen-bond acceptors (Lipinski definition) is 19. The van der Waals surface area contributed by atoms with Crippen LogP contribution in [0.5, 0.6) is 0 Å². The molecule has 2 aromatic heterocycles. The fourth-order valence-electron chi connectivity index (χ4n) is 11.4. The summed E-state index contributed by atoms with van der Waals surface area (Å²) in [6, 6.07) is 21.7. The molecule has 12 rings (SSSR count). The molecule has 19 N–H and O–H groups in total. The molecule has 2 saturated carbocycles. The number of benzene rings is 4. The van der Waals surface area contributed by atoms with Gasteiger partial charge in [-0.3, -0.25) is 28.3 Å². The molecule has 0 bridgehead atoms. The van der Waals surface area contributed by atoms with Gasteiger partial charge in [0.1, 0.15) is 37.1 Å². The molecule has 6 aromatic rings. The molecule has 4 aliphatic carbocycles. The van der Waals surface area contributed by atoms with Gasteiger partial charge in [-0.25, -0.2) is 9.59 Å². The number of carbonyl (C=O) groups excluding carboxylic acids is 4. The fourth-order valence-corrected chi connectivity index (χ4v) is 11.4. The Morgan fingerprint density at radius 2 is 1.12 bits per heavy atom. The molecule has 4 heterocycles. The predicted molar refractivity (Wildman–Crippen MR) is 358 cm³/mol. The third-order valence-electron chi connectivity index (χ3n) is 16.5. The average Bonchev–Trinajstić information content (AvgIpc) is 1.58. The Kier molecular flexibility index (Phi) is 38.1. The first-order chi connectivity index (χ1) is 45.0. The van der Waals surface area contributed by atoms with Gasteiger partial charge in [0.05, 0.1) is 30.9 Å². The van der Waals surface area contributed by atoms with Crippen LogP contribution in [0.4, 0.5) is 40.6 Å². The fraction of sp³-hybridized carbons (Fsp3) is 0.446. The van der Waals surface area contributed by atoms with Crippen molar-refractivity contribution >= 4 is 80.1 Å². The Balaban J connectivity index is 0.000000530. The summed E-state index contributed by atoms with van der Waals surface area (Å²) in [6.45, 7) is -1.78. The van der Waals surface area contributed by atoms with Crippen LogP contribution in [0.2, 0.25) is 0 Å². The van der Waals surface area contributed by atoms with Gasteiger partial charge >= 0.3 is 101 Å². The van der Waals surface area contributed by atoms with Crippen LogP contribution < -0.4 is 90.2 Å². The van der Waals surface area contributed by atoms with Crippen LogP contribution in [0.25, 0.3) is 50.5 Å². The van der Waals surface area contributed by atoms with Crippen molar-refractivity contribution in [1.82, 2.24) is 19.1 Å².